The standard InChI is InChI=1S/C17H19ClN2O2/c18-15-9-5-4-8-13(15)16-14(17(21)22-19-16)12-20-10-6-2-1-3-7-11-20/h4-5,8-9,12H,1-3,6-7,10-11H2. The normalized spacial score (nSPS) is 21.3. The molecule has 0 bridgehead atoms. The number of hydrogen-bond acceptors (Lipinski definition) is 4. The zero-order valence-corrected chi connectivity index (χ0v) is 13.2. The highest BCUT2D eigenvalue weighted by molar-refractivity contribution is 6.38. The quantitative estimate of drug-likeness (QED) is 0.616. The SMILES string of the molecule is O=C1ON=C(c2ccccc2Cl)C1=CN1CCCCCCC1. The lowest BCUT2D eigenvalue weighted by molar-refractivity contribution is -0.136. The van der Waals surface area contributed by atoms with Crippen molar-refractivity contribution < 1.29 is 9.63 Å². The first-order valence-electron chi connectivity index (χ1n) is 7.76. The van der Waals surface area contributed by atoms with E-state index in [0.717, 1.165) is 31.5 Å². The van der Waals surface area contributed by atoms with Crippen LogP contribution >= 0.6 is 11.6 Å². The van der Waals surface area contributed by atoms with Crippen LogP contribution in [-0.4, -0.2) is 29.7 Å². The number of carbonyl (C=O) groups is 1. The van der Waals surface area contributed by atoms with Gasteiger partial charge in [0.25, 0.3) is 0 Å². The van der Waals surface area contributed by atoms with Gasteiger partial charge in [0.05, 0.1) is 5.02 Å². The molecule has 1 aromatic carbocycles. The second kappa shape index (κ2) is 6.97. The van der Waals surface area contributed by atoms with Crippen molar-refractivity contribution in [1.82, 2.24) is 4.90 Å². The van der Waals surface area contributed by atoms with Crippen molar-refractivity contribution in [3.63, 3.8) is 0 Å². The van der Waals surface area contributed by atoms with Crippen LogP contribution in [0.2, 0.25) is 5.02 Å². The molecule has 0 radical (unpaired) electrons. The van der Waals surface area contributed by atoms with Gasteiger partial charge in [0.1, 0.15) is 11.3 Å². The molecule has 4 nitrogen and oxygen atoms in total. The maximum absolute atomic E-state index is 12.0. The van der Waals surface area contributed by atoms with Crippen molar-refractivity contribution in [2.45, 2.75) is 32.1 Å². The lowest BCUT2D eigenvalue weighted by atomic mass is 10.0. The number of carbonyl (C=O) groups excluding carboxylic acids is 1. The molecule has 0 spiro atoms. The van der Waals surface area contributed by atoms with Gasteiger partial charge in [-0.25, -0.2) is 4.79 Å². The monoisotopic (exact) mass is 318 g/mol. The molecule has 116 valence electrons. The lowest BCUT2D eigenvalue weighted by Gasteiger charge is -2.23. The molecule has 1 aromatic rings. The van der Waals surface area contributed by atoms with Crippen molar-refractivity contribution in [3.8, 4) is 0 Å². The van der Waals surface area contributed by atoms with Crippen LogP contribution in [0.25, 0.3) is 0 Å². The Bertz CT molecular complexity index is 617. The number of rotatable bonds is 2. The van der Waals surface area contributed by atoms with E-state index in [2.05, 4.69) is 10.1 Å². The molecule has 1 fully saturated rings. The summed E-state index contributed by atoms with van der Waals surface area (Å²) in [5.41, 5.74) is 1.75. The van der Waals surface area contributed by atoms with E-state index in [4.69, 9.17) is 16.4 Å². The van der Waals surface area contributed by atoms with Gasteiger partial charge in [-0.1, -0.05) is 54.2 Å². The summed E-state index contributed by atoms with van der Waals surface area (Å²) in [6.45, 7) is 1.93. The Kier molecular flexibility index (Phi) is 4.78. The van der Waals surface area contributed by atoms with Gasteiger partial charge in [0.15, 0.2) is 0 Å². The summed E-state index contributed by atoms with van der Waals surface area (Å²) in [5.74, 6) is -0.406. The Morgan fingerprint density at radius 2 is 1.77 bits per heavy atom. The molecular formula is C17H19ClN2O2. The van der Waals surface area contributed by atoms with E-state index in [-0.39, 0.29) is 0 Å². The Labute approximate surface area is 135 Å². The second-order valence-corrected chi connectivity index (χ2v) is 6.05. The number of halogens is 1. The number of likely N-dealkylation sites (tertiary alicyclic amines) is 1. The first-order chi connectivity index (χ1) is 10.8. The summed E-state index contributed by atoms with van der Waals surface area (Å²) in [4.78, 5) is 19.1. The van der Waals surface area contributed by atoms with Gasteiger partial charge in [-0.05, 0) is 18.9 Å². The molecule has 0 unspecified atom stereocenters. The van der Waals surface area contributed by atoms with Gasteiger partial charge >= 0.3 is 5.97 Å². The van der Waals surface area contributed by atoms with E-state index in [1.165, 1.54) is 19.3 Å². The molecule has 2 aliphatic heterocycles. The molecule has 2 aliphatic rings. The van der Waals surface area contributed by atoms with E-state index in [9.17, 15) is 4.79 Å². The summed E-state index contributed by atoms with van der Waals surface area (Å²) in [6.07, 6.45) is 7.99. The van der Waals surface area contributed by atoms with Crippen molar-refractivity contribution in [2.75, 3.05) is 13.1 Å². The van der Waals surface area contributed by atoms with E-state index < -0.39 is 5.97 Å². The predicted molar refractivity (Wildman–Crippen MR) is 86.8 cm³/mol. The van der Waals surface area contributed by atoms with E-state index in [1.54, 1.807) is 6.07 Å². The molecule has 5 heteroatoms. The Hall–Kier alpha value is -1.81. The maximum Gasteiger partial charge on any atom is 0.369 e. The Balaban J connectivity index is 1.86. The third-order valence-electron chi connectivity index (χ3n) is 4.03. The summed E-state index contributed by atoms with van der Waals surface area (Å²) in [5, 5.41) is 4.49. The first-order valence-corrected chi connectivity index (χ1v) is 8.14. The molecule has 22 heavy (non-hydrogen) atoms. The largest absolute Gasteiger partial charge is 0.377 e. The molecule has 0 saturated carbocycles. The van der Waals surface area contributed by atoms with E-state index >= 15 is 0 Å². The topological polar surface area (TPSA) is 41.9 Å². The Morgan fingerprint density at radius 1 is 1.09 bits per heavy atom. The highest BCUT2D eigenvalue weighted by atomic mass is 35.5. The fraction of sp³-hybridized carbons (Fsp3) is 0.412. The molecule has 0 amide bonds. The number of oxime groups is 1. The zero-order valence-electron chi connectivity index (χ0n) is 12.4. The van der Waals surface area contributed by atoms with Gasteiger partial charge in [-0.3, -0.25) is 0 Å². The van der Waals surface area contributed by atoms with Gasteiger partial charge in [0.2, 0.25) is 0 Å². The fourth-order valence-corrected chi connectivity index (χ4v) is 3.05. The lowest BCUT2D eigenvalue weighted by Crippen LogP contribution is -2.24. The summed E-state index contributed by atoms with van der Waals surface area (Å²) >= 11 is 6.22. The average Bonchev–Trinajstić information content (AvgIpc) is 2.83. The molecule has 0 aromatic heterocycles. The summed E-state index contributed by atoms with van der Waals surface area (Å²) in [6, 6.07) is 7.37. The van der Waals surface area contributed by atoms with Crippen LogP contribution in [-0.2, 0) is 9.63 Å². The zero-order chi connectivity index (χ0) is 15.4. The van der Waals surface area contributed by atoms with Gasteiger partial charge in [-0.2, -0.15) is 0 Å². The first kappa shape index (κ1) is 15.1. The van der Waals surface area contributed by atoms with Crippen LogP contribution in [0.15, 0.2) is 41.2 Å². The van der Waals surface area contributed by atoms with Crippen LogP contribution in [0, 0.1) is 0 Å². The van der Waals surface area contributed by atoms with Gasteiger partial charge < -0.3 is 9.74 Å². The minimum atomic E-state index is -0.406. The highest BCUT2D eigenvalue weighted by Crippen LogP contribution is 2.24. The van der Waals surface area contributed by atoms with Crippen molar-refractivity contribution in [3.05, 3.63) is 46.6 Å². The molecular weight excluding hydrogens is 300 g/mol. The fourth-order valence-electron chi connectivity index (χ4n) is 2.83. The summed E-state index contributed by atoms with van der Waals surface area (Å²) < 4.78 is 0. The van der Waals surface area contributed by atoms with Crippen molar-refractivity contribution in [1.29, 1.82) is 0 Å². The average molecular weight is 319 g/mol. The number of hydrogen-bond donors (Lipinski definition) is 0. The van der Waals surface area contributed by atoms with Crippen LogP contribution in [0.5, 0.6) is 0 Å². The van der Waals surface area contributed by atoms with Crippen LogP contribution < -0.4 is 0 Å². The molecule has 0 aliphatic carbocycles. The third-order valence-corrected chi connectivity index (χ3v) is 4.36. The Morgan fingerprint density at radius 3 is 2.50 bits per heavy atom. The predicted octanol–water partition coefficient (Wildman–Crippen LogP) is 3.75. The highest BCUT2D eigenvalue weighted by Gasteiger charge is 2.29. The van der Waals surface area contributed by atoms with Crippen LogP contribution in [0.3, 0.4) is 0 Å². The minimum absolute atomic E-state index is 0.406. The van der Waals surface area contributed by atoms with Crippen molar-refractivity contribution in [2.24, 2.45) is 5.16 Å². The van der Waals surface area contributed by atoms with E-state index in [0.29, 0.717) is 16.3 Å². The maximum atomic E-state index is 12.0. The molecule has 0 N–H and O–H groups in total. The molecule has 2 heterocycles. The second-order valence-electron chi connectivity index (χ2n) is 5.64. The molecule has 3 rings (SSSR count). The van der Waals surface area contributed by atoms with Gasteiger partial charge in [-0.15, -0.1) is 0 Å². The van der Waals surface area contributed by atoms with Gasteiger partial charge in [0, 0.05) is 24.9 Å². The number of benzene rings is 1. The molecule has 0 atom stereocenters. The van der Waals surface area contributed by atoms with Crippen LogP contribution in [0.1, 0.15) is 37.7 Å². The minimum Gasteiger partial charge on any atom is -0.377 e. The summed E-state index contributed by atoms with van der Waals surface area (Å²) in [7, 11) is 0. The number of nitrogens with zero attached hydrogens (tertiary/aromatic N) is 2. The van der Waals surface area contributed by atoms with Crippen molar-refractivity contribution >= 4 is 23.3 Å². The smallest absolute Gasteiger partial charge is 0.369 e. The third kappa shape index (κ3) is 3.33. The van der Waals surface area contributed by atoms with Crippen LogP contribution in [0.4, 0.5) is 0 Å². The molecule has 1 saturated heterocycles. The van der Waals surface area contributed by atoms with E-state index in [1.807, 2.05) is 24.4 Å².